The molecule has 1 aliphatic rings. The largest absolute Gasteiger partial charge is 0.398 e. The summed E-state index contributed by atoms with van der Waals surface area (Å²) in [5.74, 6) is 0.376. The zero-order valence-corrected chi connectivity index (χ0v) is 11.2. The Kier molecular flexibility index (Phi) is 4.09. The Morgan fingerprint density at radius 2 is 2.39 bits per heavy atom. The van der Waals surface area contributed by atoms with E-state index in [1.807, 2.05) is 0 Å². The summed E-state index contributed by atoms with van der Waals surface area (Å²) in [7, 11) is 2.09. The van der Waals surface area contributed by atoms with E-state index >= 15 is 0 Å². The van der Waals surface area contributed by atoms with E-state index in [4.69, 9.17) is 17.3 Å². The molecule has 98 valence electrons. The van der Waals surface area contributed by atoms with Crippen molar-refractivity contribution in [3.05, 3.63) is 28.8 Å². The van der Waals surface area contributed by atoms with Crippen molar-refractivity contribution in [3.63, 3.8) is 0 Å². The average Bonchev–Trinajstić information content (AvgIpc) is 2.76. The van der Waals surface area contributed by atoms with Crippen molar-refractivity contribution in [2.75, 3.05) is 32.4 Å². The molecule has 0 aromatic heterocycles. The fraction of sp³-hybridized carbons (Fsp3) is 0.462. The van der Waals surface area contributed by atoms with Crippen LogP contribution >= 0.6 is 11.6 Å². The van der Waals surface area contributed by atoms with Crippen LogP contribution in [0.5, 0.6) is 0 Å². The van der Waals surface area contributed by atoms with Gasteiger partial charge in [-0.2, -0.15) is 0 Å². The second kappa shape index (κ2) is 5.59. The highest BCUT2D eigenvalue weighted by atomic mass is 35.5. The summed E-state index contributed by atoms with van der Waals surface area (Å²) in [5.41, 5.74) is 6.56. The lowest BCUT2D eigenvalue weighted by Crippen LogP contribution is -2.30. The molecule has 1 aliphatic heterocycles. The summed E-state index contributed by atoms with van der Waals surface area (Å²) in [6.45, 7) is 2.82. The van der Waals surface area contributed by atoms with Crippen molar-refractivity contribution in [1.29, 1.82) is 0 Å². The standard InChI is InChI=1S/C13H18ClN3O/c1-17-6-5-9(8-17)7-16-13(18)10-3-2-4-11(15)12(10)14/h2-4,9H,5-8,15H2,1H3,(H,16,18). The minimum Gasteiger partial charge on any atom is -0.398 e. The first-order chi connectivity index (χ1) is 8.58. The van der Waals surface area contributed by atoms with Crippen molar-refractivity contribution < 1.29 is 4.79 Å². The molecule has 1 unspecified atom stereocenters. The Bertz CT molecular complexity index is 450. The zero-order chi connectivity index (χ0) is 13.1. The normalized spacial score (nSPS) is 20.0. The predicted octanol–water partition coefficient (Wildman–Crippen LogP) is 1.60. The first-order valence-corrected chi connectivity index (χ1v) is 6.46. The minimum absolute atomic E-state index is 0.151. The number of carbonyl (C=O) groups is 1. The molecule has 1 fully saturated rings. The third kappa shape index (κ3) is 2.94. The number of carbonyl (C=O) groups excluding carboxylic acids is 1. The predicted molar refractivity (Wildman–Crippen MR) is 73.8 cm³/mol. The second-order valence-electron chi connectivity index (χ2n) is 4.84. The van der Waals surface area contributed by atoms with Gasteiger partial charge in [-0.05, 0) is 38.1 Å². The second-order valence-corrected chi connectivity index (χ2v) is 5.21. The molecule has 1 saturated heterocycles. The molecule has 18 heavy (non-hydrogen) atoms. The number of likely N-dealkylation sites (tertiary alicyclic amines) is 1. The molecule has 1 amide bonds. The molecule has 0 aliphatic carbocycles. The van der Waals surface area contributed by atoms with Gasteiger partial charge in [-0.25, -0.2) is 0 Å². The van der Waals surface area contributed by atoms with Crippen LogP contribution in [0.1, 0.15) is 16.8 Å². The quantitative estimate of drug-likeness (QED) is 0.818. The van der Waals surface area contributed by atoms with E-state index in [1.54, 1.807) is 18.2 Å². The molecular weight excluding hydrogens is 250 g/mol. The Labute approximate surface area is 112 Å². The van der Waals surface area contributed by atoms with Gasteiger partial charge >= 0.3 is 0 Å². The Morgan fingerprint density at radius 3 is 3.06 bits per heavy atom. The van der Waals surface area contributed by atoms with Gasteiger partial charge in [0.1, 0.15) is 0 Å². The maximum atomic E-state index is 12.0. The number of benzene rings is 1. The molecule has 0 radical (unpaired) electrons. The van der Waals surface area contributed by atoms with Gasteiger partial charge < -0.3 is 16.0 Å². The van der Waals surface area contributed by atoms with Crippen LogP contribution in [-0.2, 0) is 0 Å². The van der Waals surface area contributed by atoms with Gasteiger partial charge in [0, 0.05) is 13.1 Å². The molecule has 0 saturated carbocycles. The number of nitrogens with two attached hydrogens (primary N) is 1. The van der Waals surface area contributed by atoms with Gasteiger partial charge in [-0.1, -0.05) is 17.7 Å². The lowest BCUT2D eigenvalue weighted by atomic mass is 10.1. The molecular formula is C13H18ClN3O. The summed E-state index contributed by atoms with van der Waals surface area (Å²) in [4.78, 5) is 14.3. The maximum absolute atomic E-state index is 12.0. The fourth-order valence-electron chi connectivity index (χ4n) is 2.25. The molecule has 0 spiro atoms. The van der Waals surface area contributed by atoms with Gasteiger partial charge in [-0.15, -0.1) is 0 Å². The Balaban J connectivity index is 1.94. The molecule has 2 rings (SSSR count). The zero-order valence-electron chi connectivity index (χ0n) is 10.4. The first-order valence-electron chi connectivity index (χ1n) is 6.08. The van der Waals surface area contributed by atoms with Crippen LogP contribution in [0.3, 0.4) is 0 Å². The highest BCUT2D eigenvalue weighted by Gasteiger charge is 2.20. The van der Waals surface area contributed by atoms with Crippen LogP contribution in [0.25, 0.3) is 0 Å². The number of halogens is 1. The van der Waals surface area contributed by atoms with Gasteiger partial charge in [0.2, 0.25) is 0 Å². The van der Waals surface area contributed by atoms with E-state index in [9.17, 15) is 4.79 Å². The number of amides is 1. The average molecular weight is 268 g/mol. The van der Waals surface area contributed by atoms with Gasteiger partial charge in [-0.3, -0.25) is 4.79 Å². The molecule has 1 aromatic carbocycles. The van der Waals surface area contributed by atoms with E-state index < -0.39 is 0 Å². The SMILES string of the molecule is CN1CCC(CNC(=O)c2cccc(N)c2Cl)C1. The van der Waals surface area contributed by atoms with Gasteiger partial charge in [0.15, 0.2) is 0 Å². The van der Waals surface area contributed by atoms with E-state index in [1.165, 1.54) is 0 Å². The molecule has 3 N–H and O–H groups in total. The van der Waals surface area contributed by atoms with Crippen LogP contribution in [-0.4, -0.2) is 37.5 Å². The monoisotopic (exact) mass is 267 g/mol. The topological polar surface area (TPSA) is 58.4 Å². The minimum atomic E-state index is -0.151. The van der Waals surface area contributed by atoms with Crippen LogP contribution in [0.2, 0.25) is 5.02 Å². The third-order valence-corrected chi connectivity index (χ3v) is 3.74. The molecule has 0 bridgehead atoms. The number of hydrogen-bond donors (Lipinski definition) is 2. The summed E-state index contributed by atoms with van der Waals surface area (Å²) in [6.07, 6.45) is 1.13. The van der Waals surface area contributed by atoms with Crippen LogP contribution in [0.15, 0.2) is 18.2 Å². The molecule has 1 atom stereocenters. The fourth-order valence-corrected chi connectivity index (χ4v) is 2.46. The highest BCUT2D eigenvalue weighted by Crippen LogP contribution is 2.23. The van der Waals surface area contributed by atoms with E-state index in [-0.39, 0.29) is 5.91 Å². The molecule has 5 heteroatoms. The maximum Gasteiger partial charge on any atom is 0.252 e. The number of nitrogens with zero attached hydrogens (tertiary/aromatic N) is 1. The molecule has 4 nitrogen and oxygen atoms in total. The number of nitrogens with one attached hydrogen (secondary N) is 1. The highest BCUT2D eigenvalue weighted by molar-refractivity contribution is 6.36. The van der Waals surface area contributed by atoms with Crippen LogP contribution in [0.4, 0.5) is 5.69 Å². The van der Waals surface area contributed by atoms with E-state index in [2.05, 4.69) is 17.3 Å². The Hall–Kier alpha value is -1.26. The van der Waals surface area contributed by atoms with E-state index in [0.29, 0.717) is 28.7 Å². The number of anilines is 1. The van der Waals surface area contributed by atoms with Gasteiger partial charge in [0.05, 0.1) is 16.3 Å². The molecule has 1 aromatic rings. The lowest BCUT2D eigenvalue weighted by molar-refractivity contribution is 0.0947. The van der Waals surface area contributed by atoms with Crippen LogP contribution < -0.4 is 11.1 Å². The van der Waals surface area contributed by atoms with Crippen molar-refractivity contribution in [2.45, 2.75) is 6.42 Å². The summed E-state index contributed by atoms with van der Waals surface area (Å²) in [6, 6.07) is 5.11. The third-order valence-electron chi connectivity index (χ3n) is 3.31. The van der Waals surface area contributed by atoms with Crippen molar-refractivity contribution in [1.82, 2.24) is 10.2 Å². The summed E-state index contributed by atoms with van der Waals surface area (Å²) < 4.78 is 0. The van der Waals surface area contributed by atoms with Crippen molar-refractivity contribution in [3.8, 4) is 0 Å². The number of rotatable bonds is 3. The lowest BCUT2D eigenvalue weighted by Gasteiger charge is -2.12. The smallest absolute Gasteiger partial charge is 0.252 e. The van der Waals surface area contributed by atoms with Crippen LogP contribution in [0, 0.1) is 5.92 Å². The Morgan fingerprint density at radius 1 is 1.61 bits per heavy atom. The summed E-state index contributed by atoms with van der Waals surface area (Å²) in [5, 5.41) is 3.26. The van der Waals surface area contributed by atoms with Gasteiger partial charge in [0.25, 0.3) is 5.91 Å². The van der Waals surface area contributed by atoms with Crippen molar-refractivity contribution >= 4 is 23.2 Å². The molecule has 1 heterocycles. The first kappa shape index (κ1) is 13.2. The van der Waals surface area contributed by atoms with E-state index in [0.717, 1.165) is 19.5 Å². The summed E-state index contributed by atoms with van der Waals surface area (Å²) >= 11 is 6.01. The number of nitrogen functional groups attached to an aromatic ring is 1. The van der Waals surface area contributed by atoms with Crippen molar-refractivity contribution in [2.24, 2.45) is 5.92 Å². The number of hydrogen-bond acceptors (Lipinski definition) is 3.